The van der Waals surface area contributed by atoms with E-state index >= 15 is 0 Å². The monoisotopic (exact) mass is 309 g/mol. The Hall–Kier alpha value is 0.360. The van der Waals surface area contributed by atoms with Gasteiger partial charge in [-0.2, -0.15) is 0 Å². The van der Waals surface area contributed by atoms with Crippen molar-refractivity contribution in [3.05, 3.63) is 0 Å². The van der Waals surface area contributed by atoms with Gasteiger partial charge in [-0.05, 0) is 11.3 Å². The van der Waals surface area contributed by atoms with Gasteiger partial charge in [-0.25, -0.2) is 0 Å². The van der Waals surface area contributed by atoms with Crippen LogP contribution in [0.4, 0.5) is 0 Å². The normalized spacial score (nSPS) is 14.3. The highest BCUT2D eigenvalue weighted by molar-refractivity contribution is 9.09. The first-order valence-electron chi connectivity index (χ1n) is 6.21. The predicted octanol–water partition coefficient (Wildman–Crippen LogP) is 2.64. The molecule has 0 heterocycles. The molecule has 0 fully saturated rings. The smallest absolute Gasteiger partial charge is 0.0589 e. The van der Waals surface area contributed by atoms with Crippen LogP contribution in [0.1, 0.15) is 20.8 Å². The van der Waals surface area contributed by atoms with Gasteiger partial charge in [0.15, 0.2) is 0 Å². The Bertz CT molecular complexity index is 175. The maximum atomic E-state index is 5.16. The molecule has 0 saturated carbocycles. The van der Waals surface area contributed by atoms with Crippen LogP contribution in [-0.2, 0) is 9.47 Å². The Morgan fingerprint density at radius 3 is 1.82 bits per heavy atom. The SMILES string of the molecule is COCCN(CCOC)CC(CBr)C(C)(C)C. The molecule has 4 heteroatoms. The second-order valence-corrected chi connectivity index (χ2v) is 6.15. The van der Waals surface area contributed by atoms with E-state index in [1.54, 1.807) is 14.2 Å². The molecule has 3 nitrogen and oxygen atoms in total. The Morgan fingerprint density at radius 2 is 1.53 bits per heavy atom. The molecule has 0 rings (SSSR count). The molecule has 104 valence electrons. The lowest BCUT2D eigenvalue weighted by molar-refractivity contribution is 0.0894. The first-order valence-corrected chi connectivity index (χ1v) is 7.34. The van der Waals surface area contributed by atoms with Gasteiger partial charge in [0, 0.05) is 39.2 Å². The number of methoxy groups -OCH3 is 2. The van der Waals surface area contributed by atoms with Crippen molar-refractivity contribution in [3.8, 4) is 0 Å². The lowest BCUT2D eigenvalue weighted by Crippen LogP contribution is -2.39. The van der Waals surface area contributed by atoms with Crippen molar-refractivity contribution < 1.29 is 9.47 Å². The third-order valence-electron chi connectivity index (χ3n) is 3.11. The summed E-state index contributed by atoms with van der Waals surface area (Å²) in [7, 11) is 3.50. The average molecular weight is 310 g/mol. The summed E-state index contributed by atoms with van der Waals surface area (Å²) >= 11 is 3.63. The summed E-state index contributed by atoms with van der Waals surface area (Å²) in [6.07, 6.45) is 0. The van der Waals surface area contributed by atoms with Gasteiger partial charge in [0.05, 0.1) is 13.2 Å². The zero-order valence-corrected chi connectivity index (χ0v) is 13.5. The fourth-order valence-electron chi connectivity index (χ4n) is 1.60. The van der Waals surface area contributed by atoms with Crippen molar-refractivity contribution in [2.24, 2.45) is 11.3 Å². The van der Waals surface area contributed by atoms with E-state index in [0.717, 1.165) is 38.2 Å². The maximum absolute atomic E-state index is 5.16. The fraction of sp³-hybridized carbons (Fsp3) is 1.00. The van der Waals surface area contributed by atoms with Gasteiger partial charge in [0.1, 0.15) is 0 Å². The van der Waals surface area contributed by atoms with E-state index in [1.807, 2.05) is 0 Å². The Balaban J connectivity index is 4.26. The van der Waals surface area contributed by atoms with Crippen LogP contribution >= 0.6 is 15.9 Å². The molecular formula is C13H28BrNO2. The highest BCUT2D eigenvalue weighted by Crippen LogP contribution is 2.28. The molecule has 0 amide bonds. The molecule has 0 aliphatic rings. The van der Waals surface area contributed by atoms with Gasteiger partial charge < -0.3 is 9.47 Å². The topological polar surface area (TPSA) is 21.7 Å². The summed E-state index contributed by atoms with van der Waals surface area (Å²) in [6, 6.07) is 0. The van der Waals surface area contributed by atoms with Crippen molar-refractivity contribution in [1.29, 1.82) is 0 Å². The van der Waals surface area contributed by atoms with Gasteiger partial charge >= 0.3 is 0 Å². The van der Waals surface area contributed by atoms with Crippen molar-refractivity contribution in [2.75, 3.05) is 52.4 Å². The lowest BCUT2D eigenvalue weighted by atomic mass is 9.82. The van der Waals surface area contributed by atoms with Crippen LogP contribution in [-0.4, -0.2) is 57.3 Å². The van der Waals surface area contributed by atoms with E-state index in [2.05, 4.69) is 41.6 Å². The van der Waals surface area contributed by atoms with Crippen LogP contribution < -0.4 is 0 Å². The summed E-state index contributed by atoms with van der Waals surface area (Å²) in [5.41, 5.74) is 0.321. The molecule has 0 aromatic rings. The van der Waals surface area contributed by atoms with Crippen molar-refractivity contribution >= 4 is 15.9 Å². The molecular weight excluding hydrogens is 282 g/mol. The molecule has 1 unspecified atom stereocenters. The molecule has 0 aliphatic carbocycles. The summed E-state index contributed by atoms with van der Waals surface area (Å²) in [6.45, 7) is 11.5. The number of rotatable bonds is 9. The summed E-state index contributed by atoms with van der Waals surface area (Å²) in [5, 5.41) is 1.03. The number of ether oxygens (including phenoxy) is 2. The number of hydrogen-bond donors (Lipinski definition) is 0. The summed E-state index contributed by atoms with van der Waals surface area (Å²) in [4.78, 5) is 2.42. The minimum atomic E-state index is 0.321. The summed E-state index contributed by atoms with van der Waals surface area (Å²) < 4.78 is 10.3. The molecule has 0 radical (unpaired) electrons. The maximum Gasteiger partial charge on any atom is 0.0589 e. The molecule has 17 heavy (non-hydrogen) atoms. The Labute approximate surface area is 115 Å². The number of halogens is 1. The summed E-state index contributed by atoms with van der Waals surface area (Å²) in [5.74, 6) is 0.635. The van der Waals surface area contributed by atoms with Gasteiger partial charge in [0.25, 0.3) is 0 Å². The second kappa shape index (κ2) is 9.31. The van der Waals surface area contributed by atoms with Crippen LogP contribution in [0.5, 0.6) is 0 Å². The highest BCUT2D eigenvalue weighted by atomic mass is 79.9. The fourth-order valence-corrected chi connectivity index (χ4v) is 2.78. The van der Waals surface area contributed by atoms with Gasteiger partial charge in [-0.15, -0.1) is 0 Å². The minimum Gasteiger partial charge on any atom is -0.383 e. The van der Waals surface area contributed by atoms with Crippen molar-refractivity contribution in [2.45, 2.75) is 20.8 Å². The molecule has 0 bridgehead atoms. The van der Waals surface area contributed by atoms with E-state index < -0.39 is 0 Å². The molecule has 0 aromatic heterocycles. The minimum absolute atomic E-state index is 0.321. The van der Waals surface area contributed by atoms with Gasteiger partial charge in [-0.3, -0.25) is 4.90 Å². The standard InChI is InChI=1S/C13H28BrNO2/c1-13(2,3)12(10-14)11-15(6-8-16-4)7-9-17-5/h12H,6-11H2,1-5H3. The zero-order valence-electron chi connectivity index (χ0n) is 12.0. The van der Waals surface area contributed by atoms with E-state index in [0.29, 0.717) is 11.3 Å². The first-order chi connectivity index (χ1) is 7.95. The third-order valence-corrected chi connectivity index (χ3v) is 3.89. The molecule has 0 N–H and O–H groups in total. The second-order valence-electron chi connectivity index (χ2n) is 5.50. The van der Waals surface area contributed by atoms with Crippen molar-refractivity contribution in [1.82, 2.24) is 4.90 Å². The first kappa shape index (κ1) is 17.4. The predicted molar refractivity (Wildman–Crippen MR) is 76.9 cm³/mol. The number of nitrogens with zero attached hydrogens (tertiary/aromatic N) is 1. The van der Waals surface area contributed by atoms with E-state index in [-0.39, 0.29) is 0 Å². The van der Waals surface area contributed by atoms with E-state index in [9.17, 15) is 0 Å². The van der Waals surface area contributed by atoms with E-state index in [1.165, 1.54) is 0 Å². The van der Waals surface area contributed by atoms with Crippen LogP contribution in [0.25, 0.3) is 0 Å². The third kappa shape index (κ3) is 8.14. The Morgan fingerprint density at radius 1 is 1.06 bits per heavy atom. The van der Waals surface area contributed by atoms with Crippen molar-refractivity contribution in [3.63, 3.8) is 0 Å². The van der Waals surface area contributed by atoms with Crippen LogP contribution in [0.3, 0.4) is 0 Å². The molecule has 0 aromatic carbocycles. The number of hydrogen-bond acceptors (Lipinski definition) is 3. The molecule has 0 spiro atoms. The zero-order chi connectivity index (χ0) is 13.3. The largest absolute Gasteiger partial charge is 0.383 e. The quantitative estimate of drug-likeness (QED) is 0.611. The van der Waals surface area contributed by atoms with Gasteiger partial charge in [-0.1, -0.05) is 36.7 Å². The highest BCUT2D eigenvalue weighted by Gasteiger charge is 2.25. The molecule has 1 atom stereocenters. The molecule has 0 aliphatic heterocycles. The van der Waals surface area contributed by atoms with E-state index in [4.69, 9.17) is 9.47 Å². The average Bonchev–Trinajstić information content (AvgIpc) is 2.26. The van der Waals surface area contributed by atoms with Crippen LogP contribution in [0, 0.1) is 11.3 Å². The van der Waals surface area contributed by atoms with Crippen LogP contribution in [0.15, 0.2) is 0 Å². The number of alkyl halides is 1. The Kier molecular flexibility index (Phi) is 9.51. The van der Waals surface area contributed by atoms with Gasteiger partial charge in [0.2, 0.25) is 0 Å². The van der Waals surface area contributed by atoms with Crippen LogP contribution in [0.2, 0.25) is 0 Å². The lowest BCUT2D eigenvalue weighted by Gasteiger charge is -2.34. The molecule has 0 saturated heterocycles.